The van der Waals surface area contributed by atoms with Crippen molar-refractivity contribution in [3.8, 4) is 11.5 Å². The zero-order chi connectivity index (χ0) is 11.5. The number of halogens is 1. The lowest BCUT2D eigenvalue weighted by Crippen LogP contribution is -2.25. The van der Waals surface area contributed by atoms with Crippen LogP contribution in [0.2, 0.25) is 0 Å². The quantitative estimate of drug-likeness (QED) is 0.633. The number of rotatable bonds is 3. The van der Waals surface area contributed by atoms with E-state index in [2.05, 4.69) is 15.9 Å². The van der Waals surface area contributed by atoms with Crippen LogP contribution in [-0.2, 0) is 0 Å². The van der Waals surface area contributed by atoms with Gasteiger partial charge in [0.25, 0.3) is 0 Å². The van der Waals surface area contributed by atoms with Gasteiger partial charge < -0.3 is 9.47 Å². The van der Waals surface area contributed by atoms with E-state index in [4.69, 9.17) is 9.47 Å². The van der Waals surface area contributed by atoms with Crippen LogP contribution < -0.4 is 9.47 Å². The number of ketones is 1. The zero-order valence-electron chi connectivity index (χ0n) is 9.03. The normalized spacial score (nSPS) is 18.2. The number of benzene rings is 1. The van der Waals surface area contributed by atoms with Gasteiger partial charge in [0.1, 0.15) is 12.7 Å². The van der Waals surface area contributed by atoms with Crippen LogP contribution in [0.5, 0.6) is 11.5 Å². The third kappa shape index (κ3) is 2.38. The first-order valence-electron chi connectivity index (χ1n) is 5.23. The van der Waals surface area contributed by atoms with Crippen molar-refractivity contribution in [1.82, 2.24) is 0 Å². The molecule has 0 amide bonds. The molecule has 0 saturated heterocycles. The first kappa shape index (κ1) is 11.5. The van der Waals surface area contributed by atoms with Crippen LogP contribution in [0.15, 0.2) is 18.2 Å². The Labute approximate surface area is 103 Å². The molecule has 1 atom stereocenters. The summed E-state index contributed by atoms with van der Waals surface area (Å²) in [5.41, 5.74) is 0.677. The molecule has 1 aromatic rings. The van der Waals surface area contributed by atoms with Gasteiger partial charge in [-0.2, -0.15) is 0 Å². The number of hydrogen-bond donors (Lipinski definition) is 0. The van der Waals surface area contributed by atoms with E-state index in [-0.39, 0.29) is 11.9 Å². The Morgan fingerprint density at radius 2 is 2.31 bits per heavy atom. The minimum atomic E-state index is 0.0361. The number of carbonyl (C=O) groups is 1. The van der Waals surface area contributed by atoms with Gasteiger partial charge in [0.15, 0.2) is 17.3 Å². The molecule has 3 nitrogen and oxygen atoms in total. The maximum atomic E-state index is 11.7. The van der Waals surface area contributed by atoms with Crippen LogP contribution in [0.3, 0.4) is 0 Å². The SMILES string of the molecule is C[C@H]1COc2ccc(C(=O)CCBr)cc2O1. The van der Waals surface area contributed by atoms with E-state index in [1.807, 2.05) is 6.92 Å². The predicted molar refractivity (Wildman–Crippen MR) is 64.8 cm³/mol. The summed E-state index contributed by atoms with van der Waals surface area (Å²) in [5.74, 6) is 1.49. The van der Waals surface area contributed by atoms with Crippen molar-refractivity contribution < 1.29 is 14.3 Å². The van der Waals surface area contributed by atoms with E-state index in [0.717, 1.165) is 0 Å². The minimum absolute atomic E-state index is 0.0361. The average molecular weight is 285 g/mol. The van der Waals surface area contributed by atoms with Crippen LogP contribution in [0.25, 0.3) is 0 Å². The van der Waals surface area contributed by atoms with Gasteiger partial charge in [0.05, 0.1) is 0 Å². The third-order valence-electron chi connectivity index (χ3n) is 2.39. The van der Waals surface area contributed by atoms with Crippen LogP contribution in [0.4, 0.5) is 0 Å². The van der Waals surface area contributed by atoms with Gasteiger partial charge in [-0.25, -0.2) is 0 Å². The molecular formula is C12H13BrO3. The van der Waals surface area contributed by atoms with Crippen LogP contribution in [-0.4, -0.2) is 23.8 Å². The second-order valence-corrected chi connectivity index (χ2v) is 4.56. The van der Waals surface area contributed by atoms with Crippen molar-refractivity contribution in [1.29, 1.82) is 0 Å². The molecule has 4 heteroatoms. The minimum Gasteiger partial charge on any atom is -0.486 e. The molecule has 0 N–H and O–H groups in total. The van der Waals surface area contributed by atoms with E-state index in [0.29, 0.717) is 35.4 Å². The maximum Gasteiger partial charge on any atom is 0.163 e. The standard InChI is InChI=1S/C12H13BrO3/c1-8-7-15-11-3-2-9(6-12(11)16-8)10(14)4-5-13/h2-3,6,8H,4-5,7H2,1H3/t8-/m0/s1. The second-order valence-electron chi connectivity index (χ2n) is 3.76. The highest BCUT2D eigenvalue weighted by molar-refractivity contribution is 9.09. The summed E-state index contributed by atoms with van der Waals surface area (Å²) in [7, 11) is 0. The Morgan fingerprint density at radius 3 is 3.06 bits per heavy atom. The van der Waals surface area contributed by atoms with E-state index in [1.165, 1.54) is 0 Å². The van der Waals surface area contributed by atoms with E-state index >= 15 is 0 Å². The summed E-state index contributed by atoms with van der Waals surface area (Å²) >= 11 is 3.25. The lowest BCUT2D eigenvalue weighted by atomic mass is 10.1. The summed E-state index contributed by atoms with van der Waals surface area (Å²) in [6, 6.07) is 5.34. The summed E-state index contributed by atoms with van der Waals surface area (Å²) in [4.78, 5) is 11.7. The Kier molecular flexibility index (Phi) is 3.49. The molecular weight excluding hydrogens is 272 g/mol. The molecule has 86 valence electrons. The average Bonchev–Trinajstić information content (AvgIpc) is 2.28. The van der Waals surface area contributed by atoms with Gasteiger partial charge in [0.2, 0.25) is 0 Å². The predicted octanol–water partition coefficient (Wildman–Crippen LogP) is 2.81. The topological polar surface area (TPSA) is 35.5 Å². The molecule has 1 aliphatic rings. The number of ether oxygens (including phenoxy) is 2. The van der Waals surface area contributed by atoms with Crippen LogP contribution in [0, 0.1) is 0 Å². The molecule has 0 unspecified atom stereocenters. The van der Waals surface area contributed by atoms with E-state index in [1.54, 1.807) is 18.2 Å². The molecule has 0 bridgehead atoms. The summed E-state index contributed by atoms with van der Waals surface area (Å²) in [6.07, 6.45) is 0.531. The molecule has 0 saturated carbocycles. The molecule has 1 aromatic carbocycles. The van der Waals surface area contributed by atoms with Gasteiger partial charge in [0, 0.05) is 17.3 Å². The molecule has 1 aliphatic heterocycles. The molecule has 16 heavy (non-hydrogen) atoms. The monoisotopic (exact) mass is 284 g/mol. The molecule has 0 fully saturated rings. The van der Waals surface area contributed by atoms with Gasteiger partial charge in [-0.05, 0) is 25.1 Å². The summed E-state index contributed by atoms with van der Waals surface area (Å²) in [6.45, 7) is 2.50. The first-order valence-corrected chi connectivity index (χ1v) is 6.35. The number of hydrogen-bond acceptors (Lipinski definition) is 3. The van der Waals surface area contributed by atoms with Crippen molar-refractivity contribution in [2.24, 2.45) is 0 Å². The van der Waals surface area contributed by atoms with Gasteiger partial charge >= 0.3 is 0 Å². The third-order valence-corrected chi connectivity index (χ3v) is 2.79. The lowest BCUT2D eigenvalue weighted by molar-refractivity contribution is 0.0974. The Balaban J connectivity index is 2.24. The Bertz CT molecular complexity index is 403. The molecule has 0 radical (unpaired) electrons. The number of Topliss-reactive ketones (excluding diaryl/α,β-unsaturated/α-hetero) is 1. The lowest BCUT2D eigenvalue weighted by Gasteiger charge is -2.24. The van der Waals surface area contributed by atoms with Gasteiger partial charge in [-0.15, -0.1) is 0 Å². The van der Waals surface area contributed by atoms with Crippen molar-refractivity contribution in [2.45, 2.75) is 19.4 Å². The summed E-state index contributed by atoms with van der Waals surface area (Å²) < 4.78 is 11.1. The zero-order valence-corrected chi connectivity index (χ0v) is 10.6. The fourth-order valence-electron chi connectivity index (χ4n) is 1.58. The smallest absolute Gasteiger partial charge is 0.163 e. The Morgan fingerprint density at radius 1 is 1.50 bits per heavy atom. The van der Waals surface area contributed by atoms with Crippen LogP contribution >= 0.6 is 15.9 Å². The molecule has 1 heterocycles. The number of alkyl halides is 1. The highest BCUT2D eigenvalue weighted by Crippen LogP contribution is 2.32. The van der Waals surface area contributed by atoms with Gasteiger partial charge in [-0.1, -0.05) is 15.9 Å². The largest absolute Gasteiger partial charge is 0.486 e. The molecule has 0 aliphatic carbocycles. The van der Waals surface area contributed by atoms with Crippen LogP contribution in [0.1, 0.15) is 23.7 Å². The van der Waals surface area contributed by atoms with Gasteiger partial charge in [-0.3, -0.25) is 4.79 Å². The fraction of sp³-hybridized carbons (Fsp3) is 0.417. The second kappa shape index (κ2) is 4.87. The highest BCUT2D eigenvalue weighted by atomic mass is 79.9. The van der Waals surface area contributed by atoms with Crippen molar-refractivity contribution in [3.05, 3.63) is 23.8 Å². The fourth-order valence-corrected chi connectivity index (χ4v) is 1.94. The highest BCUT2D eigenvalue weighted by Gasteiger charge is 2.18. The molecule has 2 rings (SSSR count). The Hall–Kier alpha value is -1.03. The maximum absolute atomic E-state index is 11.7. The number of carbonyl (C=O) groups excluding carboxylic acids is 1. The van der Waals surface area contributed by atoms with Crippen molar-refractivity contribution in [2.75, 3.05) is 11.9 Å². The molecule has 0 aromatic heterocycles. The molecule has 0 spiro atoms. The van der Waals surface area contributed by atoms with E-state index in [9.17, 15) is 4.79 Å². The first-order chi connectivity index (χ1) is 7.70. The van der Waals surface area contributed by atoms with E-state index < -0.39 is 0 Å². The summed E-state index contributed by atoms with van der Waals surface area (Å²) in [5, 5.41) is 0.677. The van der Waals surface area contributed by atoms with Crippen molar-refractivity contribution >= 4 is 21.7 Å². The van der Waals surface area contributed by atoms with Crippen molar-refractivity contribution in [3.63, 3.8) is 0 Å². The number of fused-ring (bicyclic) bond motifs is 1.